The molecule has 0 N–H and O–H groups in total. The Morgan fingerprint density at radius 3 is 2.77 bits per heavy atom. The average Bonchev–Trinajstić information content (AvgIpc) is 1.99. The molecule has 0 bridgehead atoms. The van der Waals surface area contributed by atoms with E-state index in [0.29, 0.717) is 0 Å². The Bertz CT molecular complexity index is 191. The number of allylic oxidation sites excluding steroid dienone is 2. The second-order valence-corrected chi connectivity index (χ2v) is 10.7. The second-order valence-electron chi connectivity index (χ2n) is 5.63. The van der Waals surface area contributed by atoms with Crippen molar-refractivity contribution in [2.24, 2.45) is 5.92 Å². The van der Waals surface area contributed by atoms with Gasteiger partial charge in [-0.2, -0.15) is 0 Å². The summed E-state index contributed by atoms with van der Waals surface area (Å²) in [6.45, 7) is 9.86. The molecule has 13 heavy (non-hydrogen) atoms. The molecule has 1 unspecified atom stereocenters. The molecule has 1 atom stereocenters. The van der Waals surface area contributed by atoms with Gasteiger partial charge in [0.2, 0.25) is 0 Å². The number of hydrogen-bond acceptors (Lipinski definition) is 0. The van der Waals surface area contributed by atoms with Crippen LogP contribution in [0.15, 0.2) is 11.6 Å². The standard InChI is InChI=1S/C12H24Si/c1-11-7-5-6-8-12(2)10-13(3,4)9-11/h7,12H,5-6,8-10H2,1-4H3/b11-7-. The van der Waals surface area contributed by atoms with Crippen molar-refractivity contribution in [3.05, 3.63) is 11.6 Å². The van der Waals surface area contributed by atoms with E-state index in [1.54, 1.807) is 5.57 Å². The van der Waals surface area contributed by atoms with Gasteiger partial charge in [0.05, 0.1) is 8.07 Å². The molecular formula is C12H24Si. The van der Waals surface area contributed by atoms with E-state index < -0.39 is 8.07 Å². The van der Waals surface area contributed by atoms with Gasteiger partial charge in [0.25, 0.3) is 0 Å². The lowest BCUT2D eigenvalue weighted by atomic mass is 10.1. The van der Waals surface area contributed by atoms with Crippen LogP contribution in [0.3, 0.4) is 0 Å². The number of rotatable bonds is 0. The van der Waals surface area contributed by atoms with E-state index in [0.717, 1.165) is 5.92 Å². The molecule has 1 aliphatic heterocycles. The summed E-state index contributed by atoms with van der Waals surface area (Å²) in [5, 5.41) is 0. The fourth-order valence-electron chi connectivity index (χ4n) is 2.76. The third-order valence-electron chi connectivity index (χ3n) is 3.05. The second kappa shape index (κ2) is 4.45. The Morgan fingerprint density at radius 1 is 1.38 bits per heavy atom. The van der Waals surface area contributed by atoms with Gasteiger partial charge in [0.1, 0.15) is 0 Å². The highest BCUT2D eigenvalue weighted by atomic mass is 28.3. The predicted molar refractivity (Wildman–Crippen MR) is 63.9 cm³/mol. The molecule has 0 aliphatic carbocycles. The molecular weight excluding hydrogens is 172 g/mol. The van der Waals surface area contributed by atoms with E-state index in [2.05, 4.69) is 33.0 Å². The van der Waals surface area contributed by atoms with Crippen LogP contribution in [0.1, 0.15) is 33.1 Å². The van der Waals surface area contributed by atoms with E-state index in [4.69, 9.17) is 0 Å². The van der Waals surface area contributed by atoms with Gasteiger partial charge in [-0.1, -0.05) is 44.1 Å². The molecule has 0 aromatic heterocycles. The normalized spacial score (nSPS) is 33.8. The van der Waals surface area contributed by atoms with E-state index in [1.165, 1.54) is 31.4 Å². The Labute approximate surface area is 84.4 Å². The lowest BCUT2D eigenvalue weighted by molar-refractivity contribution is 0.554. The zero-order chi connectivity index (χ0) is 9.90. The molecule has 1 heteroatoms. The predicted octanol–water partition coefficient (Wildman–Crippen LogP) is 4.46. The zero-order valence-electron chi connectivity index (χ0n) is 9.69. The topological polar surface area (TPSA) is 0 Å². The molecule has 0 saturated heterocycles. The largest absolute Gasteiger partial charge is 0.0859 e. The van der Waals surface area contributed by atoms with Gasteiger partial charge in [-0.3, -0.25) is 0 Å². The first-order valence-electron chi connectivity index (χ1n) is 5.65. The van der Waals surface area contributed by atoms with Crippen molar-refractivity contribution in [3.8, 4) is 0 Å². The van der Waals surface area contributed by atoms with Crippen molar-refractivity contribution < 1.29 is 0 Å². The minimum Gasteiger partial charge on any atom is -0.0859 e. The summed E-state index contributed by atoms with van der Waals surface area (Å²) in [5.41, 5.74) is 1.66. The fraction of sp³-hybridized carbons (Fsp3) is 0.833. The Morgan fingerprint density at radius 2 is 2.08 bits per heavy atom. The highest BCUT2D eigenvalue weighted by Gasteiger charge is 2.24. The van der Waals surface area contributed by atoms with Gasteiger partial charge in [0.15, 0.2) is 0 Å². The van der Waals surface area contributed by atoms with Crippen LogP contribution in [-0.2, 0) is 0 Å². The van der Waals surface area contributed by atoms with Gasteiger partial charge in [0, 0.05) is 0 Å². The molecule has 0 radical (unpaired) electrons. The third kappa shape index (κ3) is 4.12. The van der Waals surface area contributed by atoms with Crippen LogP contribution >= 0.6 is 0 Å². The van der Waals surface area contributed by atoms with Gasteiger partial charge in [-0.15, -0.1) is 0 Å². The highest BCUT2D eigenvalue weighted by molar-refractivity contribution is 6.78. The monoisotopic (exact) mass is 196 g/mol. The number of hydrogen-bond donors (Lipinski definition) is 0. The maximum Gasteiger partial charge on any atom is 0.0516 e. The Balaban J connectivity index is 2.65. The summed E-state index contributed by atoms with van der Waals surface area (Å²) in [5.74, 6) is 0.973. The minimum atomic E-state index is -0.900. The van der Waals surface area contributed by atoms with Crippen molar-refractivity contribution in [3.63, 3.8) is 0 Å². The van der Waals surface area contributed by atoms with Crippen molar-refractivity contribution >= 4 is 8.07 Å². The zero-order valence-corrected chi connectivity index (χ0v) is 10.7. The van der Waals surface area contributed by atoms with Crippen LogP contribution in [0.4, 0.5) is 0 Å². The summed E-state index contributed by atoms with van der Waals surface area (Å²) in [4.78, 5) is 0. The van der Waals surface area contributed by atoms with E-state index in [9.17, 15) is 0 Å². The third-order valence-corrected chi connectivity index (χ3v) is 6.37. The maximum absolute atomic E-state index is 2.55. The van der Waals surface area contributed by atoms with Crippen molar-refractivity contribution in [1.82, 2.24) is 0 Å². The molecule has 1 rings (SSSR count). The lowest BCUT2D eigenvalue weighted by Gasteiger charge is -2.25. The molecule has 1 aliphatic rings. The van der Waals surface area contributed by atoms with Crippen LogP contribution in [0.25, 0.3) is 0 Å². The van der Waals surface area contributed by atoms with E-state index in [-0.39, 0.29) is 0 Å². The fourth-order valence-corrected chi connectivity index (χ4v) is 6.65. The Hall–Kier alpha value is -0.0431. The first kappa shape index (κ1) is 11.0. The molecule has 1 heterocycles. The summed E-state index contributed by atoms with van der Waals surface area (Å²) in [6.07, 6.45) is 6.65. The van der Waals surface area contributed by atoms with Crippen LogP contribution in [-0.4, -0.2) is 8.07 Å². The smallest absolute Gasteiger partial charge is 0.0516 e. The molecule has 0 fully saturated rings. The summed E-state index contributed by atoms with van der Waals surface area (Å²) < 4.78 is 0. The van der Waals surface area contributed by atoms with Crippen molar-refractivity contribution in [2.75, 3.05) is 0 Å². The minimum absolute atomic E-state index is 0.900. The highest BCUT2D eigenvalue weighted by Crippen LogP contribution is 2.29. The van der Waals surface area contributed by atoms with Gasteiger partial charge in [-0.05, 0) is 31.7 Å². The van der Waals surface area contributed by atoms with Crippen LogP contribution < -0.4 is 0 Å². The first-order chi connectivity index (χ1) is 5.99. The molecule has 76 valence electrons. The average molecular weight is 196 g/mol. The van der Waals surface area contributed by atoms with Crippen LogP contribution in [0.2, 0.25) is 25.2 Å². The SMILES string of the molecule is C/C1=C/CCCC(C)C[Si](C)(C)C1. The van der Waals surface area contributed by atoms with E-state index in [1.807, 2.05) is 0 Å². The maximum atomic E-state index is 2.55. The van der Waals surface area contributed by atoms with Gasteiger partial charge in [-0.25, -0.2) is 0 Å². The quantitative estimate of drug-likeness (QED) is 0.396. The summed E-state index contributed by atoms with van der Waals surface area (Å²) >= 11 is 0. The molecule has 0 spiro atoms. The molecule has 0 nitrogen and oxygen atoms in total. The first-order valence-corrected chi connectivity index (χ1v) is 9.07. The summed E-state index contributed by atoms with van der Waals surface area (Å²) in [7, 11) is -0.900. The Kier molecular flexibility index (Phi) is 3.78. The van der Waals surface area contributed by atoms with E-state index >= 15 is 0 Å². The molecule has 0 aromatic rings. The van der Waals surface area contributed by atoms with Crippen LogP contribution in [0.5, 0.6) is 0 Å². The molecule has 0 amide bonds. The molecule has 0 aromatic carbocycles. The lowest BCUT2D eigenvalue weighted by Crippen LogP contribution is -2.27. The van der Waals surface area contributed by atoms with Crippen molar-refractivity contribution in [1.29, 1.82) is 0 Å². The summed E-state index contributed by atoms with van der Waals surface area (Å²) in [6, 6.07) is 2.95. The van der Waals surface area contributed by atoms with Gasteiger partial charge < -0.3 is 0 Å². The van der Waals surface area contributed by atoms with Crippen LogP contribution in [0, 0.1) is 5.92 Å². The van der Waals surface area contributed by atoms with Crippen molar-refractivity contribution in [2.45, 2.75) is 58.3 Å². The molecule has 0 saturated carbocycles. The van der Waals surface area contributed by atoms with Gasteiger partial charge >= 0.3 is 0 Å².